The van der Waals surface area contributed by atoms with E-state index in [1.54, 1.807) is 18.2 Å². The summed E-state index contributed by atoms with van der Waals surface area (Å²) in [4.78, 5) is 21.5. The normalized spacial score (nSPS) is 13.9. The van der Waals surface area contributed by atoms with Crippen LogP contribution in [0.25, 0.3) is 97.3 Å². The molecule has 74 heavy (non-hydrogen) atoms. The number of rotatable bonds is 4. The molecule has 0 aromatic heterocycles. The maximum atomic E-state index is 11.9. The first-order valence-corrected chi connectivity index (χ1v) is 26.4. The molecule has 12 aromatic rings. The van der Waals surface area contributed by atoms with Crippen molar-refractivity contribution in [3.63, 3.8) is 0 Å². The third-order valence-electron chi connectivity index (χ3n) is 14.6. The SMILES string of the molecule is CC1(C)OB(c2cc3c4ccccc4c4ccccc4c3c3ccccc23)OC1(C)C.O=[N+]([O-])c1cc(Br)ccc1-c1cc2c3ccccc3c3ccccc3c2c2ccccc12.O=[N+]([O-])c1cc(Br)ccc1Br. The zero-order valence-electron chi connectivity index (χ0n) is 40.5. The Bertz CT molecular complexity index is 4280. The Balaban J connectivity index is 0.000000132. The molecule has 0 bridgehead atoms. The molecule has 362 valence electrons. The average molecular weight is 1160 g/mol. The van der Waals surface area contributed by atoms with Crippen molar-refractivity contribution in [1.82, 2.24) is 0 Å². The molecular weight excluding hydrogens is 1120 g/mol. The summed E-state index contributed by atoms with van der Waals surface area (Å²) in [7, 11) is -0.399. The zero-order valence-corrected chi connectivity index (χ0v) is 45.3. The number of nitrogens with zero attached hydrogens (tertiary/aromatic N) is 2. The molecule has 0 atom stereocenters. The average Bonchev–Trinajstić information content (AvgIpc) is 3.65. The third-order valence-corrected chi connectivity index (χ3v) is 16.2. The molecule has 1 fully saturated rings. The van der Waals surface area contributed by atoms with E-state index in [4.69, 9.17) is 9.31 Å². The van der Waals surface area contributed by atoms with E-state index in [2.05, 4.69) is 215 Å². The summed E-state index contributed by atoms with van der Waals surface area (Å²) in [5.74, 6) is 0. The van der Waals surface area contributed by atoms with Gasteiger partial charge in [-0.25, -0.2) is 0 Å². The smallest absolute Gasteiger partial charge is 0.399 e. The van der Waals surface area contributed by atoms with E-state index in [9.17, 15) is 20.2 Å². The minimum absolute atomic E-state index is 0.0689. The van der Waals surface area contributed by atoms with E-state index in [1.807, 2.05) is 30.3 Å². The first-order valence-electron chi connectivity index (χ1n) is 24.0. The highest BCUT2D eigenvalue weighted by molar-refractivity contribution is 9.11. The van der Waals surface area contributed by atoms with Gasteiger partial charge in [0.05, 0.1) is 31.1 Å². The predicted molar refractivity (Wildman–Crippen MR) is 317 cm³/mol. The van der Waals surface area contributed by atoms with E-state index >= 15 is 0 Å². The van der Waals surface area contributed by atoms with Crippen LogP contribution in [0.1, 0.15) is 27.7 Å². The second-order valence-corrected chi connectivity index (χ2v) is 22.1. The summed E-state index contributed by atoms with van der Waals surface area (Å²) in [6.07, 6.45) is 0. The quantitative estimate of drug-likeness (QED) is 0.0752. The number of fused-ring (bicyclic) bond motifs is 16. The van der Waals surface area contributed by atoms with Crippen molar-refractivity contribution in [3.8, 4) is 11.1 Å². The van der Waals surface area contributed by atoms with Crippen molar-refractivity contribution in [1.29, 1.82) is 0 Å². The van der Waals surface area contributed by atoms with Crippen LogP contribution >= 0.6 is 47.8 Å². The van der Waals surface area contributed by atoms with Gasteiger partial charge >= 0.3 is 7.12 Å². The molecule has 0 radical (unpaired) electrons. The summed E-state index contributed by atoms with van der Waals surface area (Å²) in [5.41, 5.74) is 2.00. The van der Waals surface area contributed by atoms with Gasteiger partial charge in [0.15, 0.2) is 0 Å². The Labute approximate surface area is 451 Å². The molecule has 1 aliphatic rings. The van der Waals surface area contributed by atoms with Gasteiger partial charge in [0.1, 0.15) is 0 Å². The fourth-order valence-corrected chi connectivity index (χ4v) is 11.5. The molecular formula is C62H44BBr3N2O6. The van der Waals surface area contributed by atoms with Crippen LogP contribution < -0.4 is 5.46 Å². The number of benzene rings is 12. The first kappa shape index (κ1) is 49.2. The van der Waals surface area contributed by atoms with Crippen LogP contribution in [0.5, 0.6) is 0 Å². The van der Waals surface area contributed by atoms with Crippen molar-refractivity contribution in [3.05, 3.63) is 228 Å². The fraction of sp³-hybridized carbons (Fsp3) is 0.0968. The van der Waals surface area contributed by atoms with Gasteiger partial charge in [-0.3, -0.25) is 20.2 Å². The highest BCUT2D eigenvalue weighted by atomic mass is 79.9. The van der Waals surface area contributed by atoms with E-state index in [1.165, 1.54) is 70.7 Å². The Morgan fingerprint density at radius 2 is 0.716 bits per heavy atom. The van der Waals surface area contributed by atoms with E-state index < -0.39 is 12.0 Å². The maximum absolute atomic E-state index is 11.9. The topological polar surface area (TPSA) is 105 Å². The van der Waals surface area contributed by atoms with Crippen molar-refractivity contribution < 1.29 is 19.2 Å². The van der Waals surface area contributed by atoms with Crippen LogP contribution in [0.2, 0.25) is 0 Å². The lowest BCUT2D eigenvalue weighted by Gasteiger charge is -2.32. The lowest BCUT2D eigenvalue weighted by atomic mass is 9.74. The largest absolute Gasteiger partial charge is 0.495 e. The van der Waals surface area contributed by atoms with Crippen molar-refractivity contribution >= 4 is 158 Å². The summed E-state index contributed by atoms with van der Waals surface area (Å²) < 4.78 is 14.9. The van der Waals surface area contributed by atoms with Gasteiger partial charge in [0, 0.05) is 21.1 Å². The van der Waals surface area contributed by atoms with Crippen molar-refractivity contribution in [2.45, 2.75) is 38.9 Å². The molecule has 12 heteroatoms. The minimum Gasteiger partial charge on any atom is -0.399 e. The standard InChI is InChI=1S/C28H25BO2.C28H16BrNO2.C6H3Br2NO2/c1-27(2)28(3,4)31-29(30-27)25-17-24-20-13-6-5-11-18(20)19-12-7-9-15-22(19)26(24)23-16-10-8-14-21(23)25;29-17-13-14-22(27(15-17)30(31)32)25-16-26-20-9-2-1-7-18(20)19-8-3-5-11-23(19)28(26)24-12-6-4-10-21(24)25;7-4-1-2-5(8)6(3-4)9(10)11/h5-17H,1-4H3;1-16H;1-3H. The van der Waals surface area contributed by atoms with Crippen molar-refractivity contribution in [2.24, 2.45) is 0 Å². The van der Waals surface area contributed by atoms with Crippen LogP contribution in [0.4, 0.5) is 11.4 Å². The van der Waals surface area contributed by atoms with E-state index in [-0.39, 0.29) is 27.5 Å². The van der Waals surface area contributed by atoms with Gasteiger partial charge in [0.25, 0.3) is 11.4 Å². The van der Waals surface area contributed by atoms with Gasteiger partial charge in [-0.2, -0.15) is 0 Å². The molecule has 1 saturated heterocycles. The first-order chi connectivity index (χ1) is 35.6. The van der Waals surface area contributed by atoms with Crippen LogP contribution in [-0.2, 0) is 9.31 Å². The fourth-order valence-electron chi connectivity index (χ4n) is 10.5. The monoisotopic (exact) mass is 1160 g/mol. The highest BCUT2D eigenvalue weighted by Gasteiger charge is 2.52. The molecule has 0 amide bonds. The van der Waals surface area contributed by atoms with Gasteiger partial charge in [0.2, 0.25) is 0 Å². The van der Waals surface area contributed by atoms with Crippen LogP contribution in [0.3, 0.4) is 0 Å². The lowest BCUT2D eigenvalue weighted by molar-refractivity contribution is -0.385. The third kappa shape index (κ3) is 8.58. The molecule has 1 aliphatic heterocycles. The molecule has 0 aliphatic carbocycles. The number of nitro groups is 2. The molecule has 0 saturated carbocycles. The van der Waals surface area contributed by atoms with Gasteiger partial charge < -0.3 is 9.31 Å². The molecule has 0 spiro atoms. The number of hydrogen-bond donors (Lipinski definition) is 0. The number of halogens is 3. The van der Waals surface area contributed by atoms with E-state index in [0.717, 1.165) is 32.6 Å². The lowest BCUT2D eigenvalue weighted by Crippen LogP contribution is -2.41. The molecule has 12 aromatic carbocycles. The molecule has 13 rings (SSSR count). The molecule has 0 N–H and O–H groups in total. The Morgan fingerprint density at radius 1 is 0.378 bits per heavy atom. The van der Waals surface area contributed by atoms with Gasteiger partial charge in [-0.05, 0) is 171 Å². The summed E-state index contributed by atoms with van der Waals surface area (Å²) in [5, 5.41) is 41.5. The summed E-state index contributed by atoms with van der Waals surface area (Å²) in [6.45, 7) is 8.44. The number of nitro benzene ring substituents is 2. The van der Waals surface area contributed by atoms with Gasteiger partial charge in [-0.15, -0.1) is 0 Å². The zero-order chi connectivity index (χ0) is 51.6. The minimum atomic E-state index is -0.436. The Morgan fingerprint density at radius 3 is 1.16 bits per heavy atom. The van der Waals surface area contributed by atoms with Crippen molar-refractivity contribution in [2.75, 3.05) is 0 Å². The second-order valence-electron chi connectivity index (χ2n) is 19.4. The predicted octanol–water partition coefficient (Wildman–Crippen LogP) is 18.4. The molecule has 8 nitrogen and oxygen atoms in total. The maximum Gasteiger partial charge on any atom is 0.495 e. The van der Waals surface area contributed by atoms with Gasteiger partial charge in [-0.1, -0.05) is 184 Å². The number of hydrogen-bond acceptors (Lipinski definition) is 6. The van der Waals surface area contributed by atoms with Crippen LogP contribution in [0, 0.1) is 20.2 Å². The second kappa shape index (κ2) is 19.3. The van der Waals surface area contributed by atoms with Crippen LogP contribution in [0.15, 0.2) is 208 Å². The molecule has 1 heterocycles. The summed E-state index contributed by atoms with van der Waals surface area (Å²) >= 11 is 9.59. The van der Waals surface area contributed by atoms with Crippen LogP contribution in [-0.4, -0.2) is 28.2 Å². The Kier molecular flexibility index (Phi) is 12.8. The Hall–Kier alpha value is -7.06. The highest BCUT2D eigenvalue weighted by Crippen LogP contribution is 2.46. The van der Waals surface area contributed by atoms with E-state index in [0.29, 0.717) is 19.0 Å². The summed E-state index contributed by atoms with van der Waals surface area (Å²) in [6, 6.07) is 65.6. The molecule has 0 unspecified atom stereocenters.